The molecule has 8 heteroatoms. The van der Waals surface area contributed by atoms with Crippen molar-refractivity contribution in [2.75, 3.05) is 19.0 Å². The standard InChI is InChI=1S/C26H27N5O3/c1-16-6-7-17(13-20(16)24-5-4-12-33-24)29-26-30-21-14-18(8-9-23(21)31(26)3)34-19-10-11-28-22(15-19)25(32)27-2/h6-11,13-15,24H,4-5,12H2,1-3H3,(H,27,32)(H,29,30). The van der Waals surface area contributed by atoms with Crippen molar-refractivity contribution in [3.8, 4) is 11.5 Å². The number of hydrogen-bond donors (Lipinski definition) is 2. The maximum Gasteiger partial charge on any atom is 0.269 e. The minimum atomic E-state index is -0.264. The van der Waals surface area contributed by atoms with Crippen molar-refractivity contribution in [3.05, 3.63) is 71.5 Å². The van der Waals surface area contributed by atoms with Crippen LogP contribution in [0, 0.1) is 6.92 Å². The third-order valence-electron chi connectivity index (χ3n) is 6.09. The summed E-state index contributed by atoms with van der Waals surface area (Å²) in [6.45, 7) is 2.95. The van der Waals surface area contributed by atoms with Crippen LogP contribution in [-0.2, 0) is 11.8 Å². The number of rotatable bonds is 6. The third kappa shape index (κ3) is 4.32. The van der Waals surface area contributed by atoms with Gasteiger partial charge < -0.3 is 24.7 Å². The Labute approximate surface area is 197 Å². The first-order valence-electron chi connectivity index (χ1n) is 11.3. The highest BCUT2D eigenvalue weighted by atomic mass is 16.5. The van der Waals surface area contributed by atoms with E-state index >= 15 is 0 Å². The van der Waals surface area contributed by atoms with Crippen LogP contribution in [0.2, 0.25) is 0 Å². The van der Waals surface area contributed by atoms with E-state index in [0.29, 0.717) is 17.2 Å². The molecule has 3 heterocycles. The molecule has 0 radical (unpaired) electrons. The average Bonchev–Trinajstić information content (AvgIpc) is 3.48. The fourth-order valence-electron chi connectivity index (χ4n) is 4.24. The van der Waals surface area contributed by atoms with Gasteiger partial charge in [-0.2, -0.15) is 0 Å². The van der Waals surface area contributed by atoms with Gasteiger partial charge in [-0.15, -0.1) is 0 Å². The monoisotopic (exact) mass is 457 g/mol. The van der Waals surface area contributed by atoms with Gasteiger partial charge in [-0.3, -0.25) is 9.78 Å². The average molecular weight is 458 g/mol. The largest absolute Gasteiger partial charge is 0.457 e. The van der Waals surface area contributed by atoms with E-state index in [2.05, 4.69) is 40.7 Å². The summed E-state index contributed by atoms with van der Waals surface area (Å²) in [6.07, 6.45) is 3.87. The summed E-state index contributed by atoms with van der Waals surface area (Å²) >= 11 is 0. The zero-order chi connectivity index (χ0) is 23.7. The second-order valence-electron chi connectivity index (χ2n) is 8.40. The van der Waals surface area contributed by atoms with Crippen LogP contribution in [0.15, 0.2) is 54.7 Å². The van der Waals surface area contributed by atoms with E-state index in [-0.39, 0.29) is 12.0 Å². The maximum atomic E-state index is 11.8. The molecular formula is C26H27N5O3. The van der Waals surface area contributed by atoms with E-state index in [9.17, 15) is 4.79 Å². The summed E-state index contributed by atoms with van der Waals surface area (Å²) in [7, 11) is 3.55. The summed E-state index contributed by atoms with van der Waals surface area (Å²) < 4.78 is 13.9. The van der Waals surface area contributed by atoms with Gasteiger partial charge in [0.25, 0.3) is 5.91 Å². The van der Waals surface area contributed by atoms with Crippen molar-refractivity contribution in [2.24, 2.45) is 7.05 Å². The minimum absolute atomic E-state index is 0.166. The fraction of sp³-hybridized carbons (Fsp3) is 0.269. The lowest BCUT2D eigenvalue weighted by Gasteiger charge is -2.15. The second-order valence-corrected chi connectivity index (χ2v) is 8.40. The van der Waals surface area contributed by atoms with E-state index in [1.165, 1.54) is 11.1 Å². The molecule has 0 spiro atoms. The topological polar surface area (TPSA) is 90.3 Å². The number of carbonyl (C=O) groups is 1. The smallest absolute Gasteiger partial charge is 0.269 e. The number of benzene rings is 2. The number of amides is 1. The van der Waals surface area contributed by atoms with Crippen LogP contribution in [0.3, 0.4) is 0 Å². The van der Waals surface area contributed by atoms with Crippen molar-refractivity contribution in [1.29, 1.82) is 0 Å². The van der Waals surface area contributed by atoms with Gasteiger partial charge in [-0.25, -0.2) is 4.98 Å². The number of fused-ring (bicyclic) bond motifs is 1. The van der Waals surface area contributed by atoms with E-state index in [1.807, 2.05) is 29.8 Å². The zero-order valence-corrected chi connectivity index (χ0v) is 19.5. The van der Waals surface area contributed by atoms with Crippen molar-refractivity contribution >= 4 is 28.6 Å². The predicted molar refractivity (Wildman–Crippen MR) is 131 cm³/mol. The number of carbonyl (C=O) groups excluding carboxylic acids is 1. The second kappa shape index (κ2) is 9.15. The number of nitrogens with one attached hydrogen (secondary N) is 2. The molecule has 2 aromatic carbocycles. The zero-order valence-electron chi connectivity index (χ0n) is 19.5. The first-order chi connectivity index (χ1) is 16.5. The Hall–Kier alpha value is -3.91. The van der Waals surface area contributed by atoms with Gasteiger partial charge >= 0.3 is 0 Å². The summed E-state index contributed by atoms with van der Waals surface area (Å²) in [4.78, 5) is 20.7. The Morgan fingerprint density at radius 1 is 1.15 bits per heavy atom. The molecule has 174 valence electrons. The highest BCUT2D eigenvalue weighted by Gasteiger charge is 2.20. The molecule has 1 saturated heterocycles. The van der Waals surface area contributed by atoms with Crippen LogP contribution >= 0.6 is 0 Å². The van der Waals surface area contributed by atoms with Gasteiger partial charge in [0.05, 0.1) is 17.1 Å². The Kier molecular flexibility index (Phi) is 5.90. The molecule has 2 aromatic heterocycles. The molecule has 1 unspecified atom stereocenters. The molecule has 0 bridgehead atoms. The third-order valence-corrected chi connectivity index (χ3v) is 6.09. The molecule has 2 N–H and O–H groups in total. The molecule has 0 aliphatic carbocycles. The van der Waals surface area contributed by atoms with E-state index in [0.717, 1.165) is 42.1 Å². The lowest BCUT2D eigenvalue weighted by Crippen LogP contribution is -2.18. The van der Waals surface area contributed by atoms with Crippen LogP contribution in [0.4, 0.5) is 11.6 Å². The number of anilines is 2. The van der Waals surface area contributed by atoms with Crippen molar-refractivity contribution in [1.82, 2.24) is 19.9 Å². The Morgan fingerprint density at radius 3 is 2.79 bits per heavy atom. The fourth-order valence-corrected chi connectivity index (χ4v) is 4.24. The van der Waals surface area contributed by atoms with Gasteiger partial charge in [0, 0.05) is 44.7 Å². The highest BCUT2D eigenvalue weighted by molar-refractivity contribution is 5.92. The number of imidazole rings is 1. The summed E-state index contributed by atoms with van der Waals surface area (Å²) in [6, 6.07) is 15.4. The van der Waals surface area contributed by atoms with Gasteiger partial charge in [0.1, 0.15) is 17.2 Å². The van der Waals surface area contributed by atoms with Crippen molar-refractivity contribution in [3.63, 3.8) is 0 Å². The highest BCUT2D eigenvalue weighted by Crippen LogP contribution is 2.33. The molecule has 5 rings (SSSR count). The number of aromatic nitrogens is 3. The molecule has 1 fully saturated rings. The van der Waals surface area contributed by atoms with Crippen LogP contribution in [0.25, 0.3) is 11.0 Å². The Morgan fingerprint density at radius 2 is 2.00 bits per heavy atom. The van der Waals surface area contributed by atoms with Crippen LogP contribution < -0.4 is 15.4 Å². The van der Waals surface area contributed by atoms with Gasteiger partial charge in [0.15, 0.2) is 0 Å². The molecule has 4 aromatic rings. The van der Waals surface area contributed by atoms with Crippen molar-refractivity contribution in [2.45, 2.75) is 25.9 Å². The number of pyridine rings is 1. The number of ether oxygens (including phenoxy) is 2. The van der Waals surface area contributed by atoms with E-state index in [4.69, 9.17) is 14.5 Å². The lowest BCUT2D eigenvalue weighted by molar-refractivity contribution is 0.0957. The summed E-state index contributed by atoms with van der Waals surface area (Å²) in [5.41, 5.74) is 5.51. The Bertz CT molecular complexity index is 1360. The van der Waals surface area contributed by atoms with E-state index < -0.39 is 0 Å². The SMILES string of the molecule is CNC(=O)c1cc(Oc2ccc3c(c2)nc(Nc2ccc(C)c(C4CCCO4)c2)n3C)ccn1. The molecule has 1 aliphatic rings. The quantitative estimate of drug-likeness (QED) is 0.422. The van der Waals surface area contributed by atoms with Gasteiger partial charge in [-0.05, 0) is 61.2 Å². The normalized spacial score (nSPS) is 15.4. The van der Waals surface area contributed by atoms with Crippen LogP contribution in [0.1, 0.15) is 40.6 Å². The number of aryl methyl sites for hydroxylation is 2. The molecule has 1 atom stereocenters. The molecule has 1 amide bonds. The number of nitrogens with zero attached hydrogens (tertiary/aromatic N) is 3. The molecule has 1 aliphatic heterocycles. The van der Waals surface area contributed by atoms with Crippen LogP contribution in [-0.4, -0.2) is 34.1 Å². The predicted octanol–water partition coefficient (Wildman–Crippen LogP) is 5.02. The first kappa shape index (κ1) is 21.9. The minimum Gasteiger partial charge on any atom is -0.457 e. The van der Waals surface area contributed by atoms with Crippen LogP contribution in [0.5, 0.6) is 11.5 Å². The molecule has 8 nitrogen and oxygen atoms in total. The first-order valence-corrected chi connectivity index (χ1v) is 11.3. The summed E-state index contributed by atoms with van der Waals surface area (Å²) in [5, 5.41) is 6.01. The lowest BCUT2D eigenvalue weighted by atomic mass is 10.0. The van der Waals surface area contributed by atoms with Gasteiger partial charge in [-0.1, -0.05) is 6.07 Å². The molecule has 34 heavy (non-hydrogen) atoms. The van der Waals surface area contributed by atoms with Crippen molar-refractivity contribution < 1.29 is 14.3 Å². The molecule has 0 saturated carbocycles. The summed E-state index contributed by atoms with van der Waals surface area (Å²) in [5.74, 6) is 1.63. The number of hydrogen-bond acceptors (Lipinski definition) is 6. The van der Waals surface area contributed by atoms with E-state index in [1.54, 1.807) is 25.4 Å². The molecular weight excluding hydrogens is 430 g/mol. The Balaban J connectivity index is 1.39. The van der Waals surface area contributed by atoms with Gasteiger partial charge in [0.2, 0.25) is 5.95 Å². The maximum absolute atomic E-state index is 11.8.